The fraction of sp³-hybridized carbons (Fsp3) is 0.158. The van der Waals surface area contributed by atoms with Crippen LogP contribution in [0.5, 0.6) is 0 Å². The van der Waals surface area contributed by atoms with Crippen LogP contribution in [0.2, 0.25) is 0 Å². The number of esters is 1. The molecule has 5 nitrogen and oxygen atoms in total. The lowest BCUT2D eigenvalue weighted by molar-refractivity contribution is -0.143. The molecule has 0 spiro atoms. The molecule has 0 aliphatic heterocycles. The molecule has 0 atom stereocenters. The first-order valence-corrected chi connectivity index (χ1v) is 7.79. The zero-order chi connectivity index (χ0) is 16.9. The first-order chi connectivity index (χ1) is 11.7. The van der Waals surface area contributed by atoms with Crippen LogP contribution in [0.15, 0.2) is 65.5 Å². The Morgan fingerprint density at radius 2 is 1.79 bits per heavy atom. The lowest BCUT2D eigenvalue weighted by Gasteiger charge is -2.13. The van der Waals surface area contributed by atoms with E-state index < -0.39 is 5.97 Å². The van der Waals surface area contributed by atoms with Crippen LogP contribution < -0.4 is 10.9 Å². The third-order valence-corrected chi connectivity index (χ3v) is 3.65. The summed E-state index contributed by atoms with van der Waals surface area (Å²) in [6, 6.07) is 18.7. The molecule has 2 aromatic carbocycles. The molecule has 5 heteroatoms. The van der Waals surface area contributed by atoms with Crippen molar-refractivity contribution in [1.29, 1.82) is 0 Å². The molecule has 1 heterocycles. The van der Waals surface area contributed by atoms with Crippen LogP contribution in [-0.2, 0) is 16.1 Å². The molecule has 1 aromatic heterocycles. The Morgan fingerprint density at radius 3 is 2.54 bits per heavy atom. The van der Waals surface area contributed by atoms with Crippen molar-refractivity contribution in [3.8, 4) is 0 Å². The zero-order valence-electron chi connectivity index (χ0n) is 13.4. The molecular formula is C19H18N2O3. The fourth-order valence-corrected chi connectivity index (χ4v) is 2.59. The van der Waals surface area contributed by atoms with Crippen molar-refractivity contribution in [2.45, 2.75) is 13.5 Å². The van der Waals surface area contributed by atoms with Crippen molar-refractivity contribution in [2.75, 3.05) is 11.9 Å². The molecule has 0 amide bonds. The van der Waals surface area contributed by atoms with E-state index in [0.29, 0.717) is 11.2 Å². The van der Waals surface area contributed by atoms with Crippen LogP contribution in [-0.4, -0.2) is 17.1 Å². The van der Waals surface area contributed by atoms with Crippen molar-refractivity contribution in [3.63, 3.8) is 0 Å². The standard InChI is InChI=1S/C19H18N2O3/c1-2-24-18(22)13-21-17-11-7-6-8-14(17)12-16(19(21)23)20-15-9-4-3-5-10-15/h3-12,20H,2,13H2,1H3. The summed E-state index contributed by atoms with van der Waals surface area (Å²) >= 11 is 0. The summed E-state index contributed by atoms with van der Waals surface area (Å²) in [5.74, 6) is -0.429. The lowest BCUT2D eigenvalue weighted by atomic mass is 10.2. The lowest BCUT2D eigenvalue weighted by Crippen LogP contribution is -2.27. The number of carbonyl (C=O) groups excluding carboxylic acids is 1. The van der Waals surface area contributed by atoms with Gasteiger partial charge in [-0.2, -0.15) is 0 Å². The summed E-state index contributed by atoms with van der Waals surface area (Å²) in [6.07, 6.45) is 0. The van der Waals surface area contributed by atoms with Gasteiger partial charge >= 0.3 is 5.97 Å². The Bertz CT molecular complexity index is 917. The minimum absolute atomic E-state index is 0.114. The van der Waals surface area contributed by atoms with E-state index >= 15 is 0 Å². The fourth-order valence-electron chi connectivity index (χ4n) is 2.59. The van der Waals surface area contributed by atoms with E-state index in [4.69, 9.17) is 4.74 Å². The number of carbonyl (C=O) groups is 1. The number of rotatable bonds is 5. The van der Waals surface area contributed by atoms with Gasteiger partial charge in [0.25, 0.3) is 5.56 Å². The highest BCUT2D eigenvalue weighted by molar-refractivity contribution is 5.84. The molecule has 0 saturated carbocycles. The Kier molecular flexibility index (Phi) is 4.61. The SMILES string of the molecule is CCOC(=O)Cn1c(=O)c(Nc2ccccc2)cc2ccccc21. The van der Waals surface area contributed by atoms with Gasteiger partial charge in [0, 0.05) is 11.1 Å². The highest BCUT2D eigenvalue weighted by atomic mass is 16.5. The zero-order valence-corrected chi connectivity index (χ0v) is 13.4. The Morgan fingerprint density at radius 1 is 1.08 bits per heavy atom. The number of nitrogens with zero attached hydrogens (tertiary/aromatic N) is 1. The first kappa shape index (κ1) is 15.8. The predicted octanol–water partition coefficient (Wildman–Crippen LogP) is 3.31. The monoisotopic (exact) mass is 322 g/mol. The molecule has 3 aromatic rings. The maximum absolute atomic E-state index is 12.8. The summed E-state index contributed by atoms with van der Waals surface area (Å²) in [5, 5.41) is 4.00. The normalized spacial score (nSPS) is 10.5. The molecule has 0 fully saturated rings. The summed E-state index contributed by atoms with van der Waals surface area (Å²) in [4.78, 5) is 24.7. The van der Waals surface area contributed by atoms with Crippen molar-refractivity contribution in [1.82, 2.24) is 4.57 Å². The van der Waals surface area contributed by atoms with Gasteiger partial charge in [-0.15, -0.1) is 0 Å². The van der Waals surface area contributed by atoms with Crippen molar-refractivity contribution >= 4 is 28.2 Å². The minimum atomic E-state index is -0.429. The van der Waals surface area contributed by atoms with Crippen LogP contribution in [0.3, 0.4) is 0 Å². The van der Waals surface area contributed by atoms with Gasteiger partial charge < -0.3 is 10.1 Å². The molecule has 0 unspecified atom stereocenters. The molecule has 0 bridgehead atoms. The Labute approximate surface area is 139 Å². The van der Waals surface area contributed by atoms with Crippen LogP contribution in [0.4, 0.5) is 11.4 Å². The van der Waals surface area contributed by atoms with Gasteiger partial charge in [-0.25, -0.2) is 0 Å². The number of benzene rings is 2. The minimum Gasteiger partial charge on any atom is -0.465 e. The molecule has 24 heavy (non-hydrogen) atoms. The van der Waals surface area contributed by atoms with Gasteiger partial charge in [0.15, 0.2) is 0 Å². The summed E-state index contributed by atoms with van der Waals surface area (Å²) in [6.45, 7) is 1.91. The van der Waals surface area contributed by atoms with E-state index in [-0.39, 0.29) is 18.7 Å². The smallest absolute Gasteiger partial charge is 0.326 e. The third kappa shape index (κ3) is 3.30. The second-order valence-corrected chi connectivity index (χ2v) is 5.30. The van der Waals surface area contributed by atoms with Gasteiger partial charge in [-0.3, -0.25) is 14.2 Å². The van der Waals surface area contributed by atoms with E-state index in [1.165, 1.54) is 4.57 Å². The number of hydrogen-bond acceptors (Lipinski definition) is 4. The highest BCUT2D eigenvalue weighted by Gasteiger charge is 2.13. The van der Waals surface area contributed by atoms with Crippen LogP contribution >= 0.6 is 0 Å². The quantitative estimate of drug-likeness (QED) is 0.732. The van der Waals surface area contributed by atoms with Crippen LogP contribution in [0.25, 0.3) is 10.9 Å². The number of fused-ring (bicyclic) bond motifs is 1. The number of pyridine rings is 1. The Balaban J connectivity index is 2.08. The third-order valence-electron chi connectivity index (χ3n) is 3.65. The van der Waals surface area contributed by atoms with Crippen molar-refractivity contribution < 1.29 is 9.53 Å². The summed E-state index contributed by atoms with van der Waals surface area (Å²) < 4.78 is 6.43. The maximum atomic E-state index is 12.8. The maximum Gasteiger partial charge on any atom is 0.326 e. The van der Waals surface area contributed by atoms with E-state index in [2.05, 4.69) is 5.32 Å². The Hall–Kier alpha value is -3.08. The number of ether oxygens (including phenoxy) is 1. The molecule has 3 rings (SSSR count). The van der Waals surface area contributed by atoms with Gasteiger partial charge in [0.2, 0.25) is 0 Å². The summed E-state index contributed by atoms with van der Waals surface area (Å²) in [5.41, 5.74) is 1.68. The van der Waals surface area contributed by atoms with E-state index in [9.17, 15) is 9.59 Å². The van der Waals surface area contributed by atoms with Crippen molar-refractivity contribution in [2.24, 2.45) is 0 Å². The number of para-hydroxylation sites is 2. The van der Waals surface area contributed by atoms with E-state index in [1.807, 2.05) is 54.6 Å². The van der Waals surface area contributed by atoms with Gasteiger partial charge in [0.05, 0.1) is 12.1 Å². The van der Waals surface area contributed by atoms with E-state index in [0.717, 1.165) is 11.1 Å². The van der Waals surface area contributed by atoms with Gasteiger partial charge in [0.1, 0.15) is 12.2 Å². The average molecular weight is 322 g/mol. The number of anilines is 2. The van der Waals surface area contributed by atoms with Crippen molar-refractivity contribution in [3.05, 3.63) is 71.0 Å². The molecule has 0 aliphatic rings. The molecular weight excluding hydrogens is 304 g/mol. The van der Waals surface area contributed by atoms with Crippen LogP contribution in [0.1, 0.15) is 6.92 Å². The topological polar surface area (TPSA) is 60.3 Å². The molecule has 1 N–H and O–H groups in total. The second kappa shape index (κ2) is 7.00. The second-order valence-electron chi connectivity index (χ2n) is 5.30. The molecule has 0 radical (unpaired) electrons. The largest absolute Gasteiger partial charge is 0.465 e. The average Bonchev–Trinajstić information content (AvgIpc) is 2.60. The van der Waals surface area contributed by atoms with E-state index in [1.54, 1.807) is 13.0 Å². The molecule has 0 saturated heterocycles. The predicted molar refractivity (Wildman–Crippen MR) is 94.6 cm³/mol. The highest BCUT2D eigenvalue weighted by Crippen LogP contribution is 2.19. The van der Waals surface area contributed by atoms with Gasteiger partial charge in [-0.1, -0.05) is 36.4 Å². The van der Waals surface area contributed by atoms with Crippen LogP contribution in [0, 0.1) is 0 Å². The number of aromatic nitrogens is 1. The molecule has 0 aliphatic carbocycles. The first-order valence-electron chi connectivity index (χ1n) is 7.79. The van der Waals surface area contributed by atoms with Gasteiger partial charge in [-0.05, 0) is 31.2 Å². The molecule has 122 valence electrons. The number of nitrogens with one attached hydrogen (secondary N) is 1. The summed E-state index contributed by atoms with van der Waals surface area (Å²) in [7, 11) is 0. The number of hydrogen-bond donors (Lipinski definition) is 1.